The lowest BCUT2D eigenvalue weighted by molar-refractivity contribution is 0.669. The van der Waals surface area contributed by atoms with Gasteiger partial charge in [0.25, 0.3) is 0 Å². The standard InChI is InChI=1S/C25H19NO/c1-17(18-9-3-2-4-10-18)19-11-8-15-23-24(19)21-13-7-12-20(25(21)27-23)22-14-5-6-16-26-22/h2-17H,1H3. The number of rotatable bonds is 3. The second-order valence-corrected chi connectivity index (χ2v) is 6.85. The fraction of sp³-hybridized carbons (Fsp3) is 0.0800. The van der Waals surface area contributed by atoms with Crippen LogP contribution in [0.5, 0.6) is 0 Å². The minimum Gasteiger partial charge on any atom is -0.455 e. The van der Waals surface area contributed by atoms with Gasteiger partial charge in [-0.15, -0.1) is 0 Å². The van der Waals surface area contributed by atoms with Crippen LogP contribution in [-0.2, 0) is 0 Å². The Balaban J connectivity index is 1.78. The molecule has 27 heavy (non-hydrogen) atoms. The summed E-state index contributed by atoms with van der Waals surface area (Å²) in [5.74, 6) is 0.286. The van der Waals surface area contributed by atoms with E-state index in [0.717, 1.165) is 27.8 Å². The van der Waals surface area contributed by atoms with Crippen molar-refractivity contribution < 1.29 is 4.42 Å². The van der Waals surface area contributed by atoms with Crippen molar-refractivity contribution in [2.45, 2.75) is 12.8 Å². The predicted molar refractivity (Wildman–Crippen MR) is 111 cm³/mol. The molecule has 0 fully saturated rings. The normalized spacial score (nSPS) is 12.5. The Morgan fingerprint density at radius 3 is 2.41 bits per heavy atom. The van der Waals surface area contributed by atoms with Crippen molar-refractivity contribution in [1.29, 1.82) is 0 Å². The third-order valence-corrected chi connectivity index (χ3v) is 5.26. The first-order chi connectivity index (χ1) is 13.3. The van der Waals surface area contributed by atoms with E-state index in [0.29, 0.717) is 0 Å². The summed E-state index contributed by atoms with van der Waals surface area (Å²) < 4.78 is 6.32. The van der Waals surface area contributed by atoms with Crippen molar-refractivity contribution in [2.24, 2.45) is 0 Å². The number of furan rings is 1. The number of aromatic nitrogens is 1. The summed E-state index contributed by atoms with van der Waals surface area (Å²) in [6.07, 6.45) is 1.82. The Morgan fingerprint density at radius 2 is 1.59 bits per heavy atom. The van der Waals surface area contributed by atoms with Crippen molar-refractivity contribution in [2.75, 3.05) is 0 Å². The maximum absolute atomic E-state index is 6.32. The predicted octanol–water partition coefficient (Wildman–Crippen LogP) is 6.80. The van der Waals surface area contributed by atoms with E-state index in [2.05, 4.69) is 78.6 Å². The van der Waals surface area contributed by atoms with Gasteiger partial charge in [0.15, 0.2) is 0 Å². The molecule has 0 aliphatic carbocycles. The molecule has 0 radical (unpaired) electrons. The van der Waals surface area contributed by atoms with Crippen LogP contribution >= 0.6 is 0 Å². The van der Waals surface area contributed by atoms with Gasteiger partial charge in [0.1, 0.15) is 11.2 Å². The van der Waals surface area contributed by atoms with E-state index in [1.54, 1.807) is 0 Å². The zero-order valence-corrected chi connectivity index (χ0v) is 15.1. The van der Waals surface area contributed by atoms with Crippen LogP contribution in [0.2, 0.25) is 0 Å². The van der Waals surface area contributed by atoms with E-state index in [1.807, 2.05) is 24.4 Å². The van der Waals surface area contributed by atoms with Gasteiger partial charge in [0.2, 0.25) is 0 Å². The Morgan fingerprint density at radius 1 is 0.778 bits per heavy atom. The number of nitrogens with zero attached hydrogens (tertiary/aromatic N) is 1. The van der Waals surface area contributed by atoms with E-state index in [-0.39, 0.29) is 5.92 Å². The molecule has 2 aromatic heterocycles. The SMILES string of the molecule is CC(c1ccccc1)c1cccc2oc3c(-c4ccccn4)cccc3c12. The van der Waals surface area contributed by atoms with Crippen LogP contribution in [-0.4, -0.2) is 4.98 Å². The van der Waals surface area contributed by atoms with Crippen molar-refractivity contribution in [3.63, 3.8) is 0 Å². The molecule has 1 unspecified atom stereocenters. The summed E-state index contributed by atoms with van der Waals surface area (Å²) in [6.45, 7) is 2.26. The van der Waals surface area contributed by atoms with Gasteiger partial charge in [-0.1, -0.05) is 67.6 Å². The van der Waals surface area contributed by atoms with Crippen molar-refractivity contribution >= 4 is 21.9 Å². The van der Waals surface area contributed by atoms with Gasteiger partial charge in [-0.2, -0.15) is 0 Å². The summed E-state index contributed by atoms with van der Waals surface area (Å²) in [6, 6.07) is 29.2. The molecule has 0 saturated heterocycles. The van der Waals surface area contributed by atoms with Crippen LogP contribution in [0, 0.1) is 0 Å². The third-order valence-electron chi connectivity index (χ3n) is 5.26. The number of benzene rings is 3. The smallest absolute Gasteiger partial charge is 0.144 e. The van der Waals surface area contributed by atoms with E-state index in [9.17, 15) is 0 Å². The Bertz CT molecular complexity index is 1220. The van der Waals surface area contributed by atoms with Gasteiger partial charge in [0.05, 0.1) is 5.69 Å². The summed E-state index contributed by atoms with van der Waals surface area (Å²) in [7, 11) is 0. The first-order valence-electron chi connectivity index (χ1n) is 9.23. The molecule has 2 heteroatoms. The van der Waals surface area contributed by atoms with Gasteiger partial charge >= 0.3 is 0 Å². The summed E-state index contributed by atoms with van der Waals surface area (Å²) in [5.41, 5.74) is 6.38. The highest BCUT2D eigenvalue weighted by Gasteiger charge is 2.18. The first-order valence-corrected chi connectivity index (χ1v) is 9.23. The number of hydrogen-bond donors (Lipinski definition) is 0. The Kier molecular flexibility index (Phi) is 3.75. The fourth-order valence-electron chi connectivity index (χ4n) is 3.88. The molecule has 0 aliphatic heterocycles. The molecule has 0 N–H and O–H groups in total. The lowest BCUT2D eigenvalue weighted by Gasteiger charge is -2.13. The van der Waals surface area contributed by atoms with Gasteiger partial charge in [-0.05, 0) is 35.4 Å². The van der Waals surface area contributed by atoms with Crippen LogP contribution in [0.1, 0.15) is 24.0 Å². The van der Waals surface area contributed by atoms with Gasteiger partial charge in [0, 0.05) is 28.5 Å². The van der Waals surface area contributed by atoms with E-state index < -0.39 is 0 Å². The van der Waals surface area contributed by atoms with Crippen LogP contribution < -0.4 is 0 Å². The number of pyridine rings is 1. The highest BCUT2D eigenvalue weighted by molar-refractivity contribution is 6.11. The molecule has 0 amide bonds. The van der Waals surface area contributed by atoms with Crippen LogP contribution in [0.4, 0.5) is 0 Å². The van der Waals surface area contributed by atoms with Crippen molar-refractivity contribution in [3.8, 4) is 11.3 Å². The minimum atomic E-state index is 0.286. The molecule has 5 aromatic rings. The molecule has 0 bridgehead atoms. The lowest BCUT2D eigenvalue weighted by atomic mass is 9.90. The molecule has 1 atom stereocenters. The fourth-order valence-corrected chi connectivity index (χ4v) is 3.88. The average Bonchev–Trinajstić information content (AvgIpc) is 3.13. The van der Waals surface area contributed by atoms with E-state index >= 15 is 0 Å². The molecule has 2 nitrogen and oxygen atoms in total. The molecule has 2 heterocycles. The minimum absolute atomic E-state index is 0.286. The van der Waals surface area contributed by atoms with Gasteiger partial charge in [-0.25, -0.2) is 0 Å². The average molecular weight is 349 g/mol. The Hall–Kier alpha value is -3.39. The van der Waals surface area contributed by atoms with E-state index in [4.69, 9.17) is 4.42 Å². The molecule has 0 aliphatic rings. The van der Waals surface area contributed by atoms with Gasteiger partial charge in [-0.3, -0.25) is 4.98 Å². The van der Waals surface area contributed by atoms with Crippen LogP contribution in [0.25, 0.3) is 33.2 Å². The number of hydrogen-bond acceptors (Lipinski definition) is 2. The maximum atomic E-state index is 6.32. The number of fused-ring (bicyclic) bond motifs is 3. The second kappa shape index (κ2) is 6.40. The van der Waals surface area contributed by atoms with Gasteiger partial charge < -0.3 is 4.42 Å². The largest absolute Gasteiger partial charge is 0.455 e. The molecule has 0 spiro atoms. The van der Waals surface area contributed by atoms with Crippen molar-refractivity contribution in [1.82, 2.24) is 4.98 Å². The second-order valence-electron chi connectivity index (χ2n) is 6.85. The van der Waals surface area contributed by atoms with Crippen molar-refractivity contribution in [3.05, 3.63) is 102 Å². The number of para-hydroxylation sites is 1. The molecule has 0 saturated carbocycles. The monoisotopic (exact) mass is 349 g/mol. The highest BCUT2D eigenvalue weighted by atomic mass is 16.3. The van der Waals surface area contributed by atoms with Crippen LogP contribution in [0.15, 0.2) is 95.5 Å². The molecule has 3 aromatic carbocycles. The zero-order chi connectivity index (χ0) is 18.2. The highest BCUT2D eigenvalue weighted by Crippen LogP contribution is 2.39. The van der Waals surface area contributed by atoms with Crippen LogP contribution in [0.3, 0.4) is 0 Å². The zero-order valence-electron chi connectivity index (χ0n) is 15.1. The molecular weight excluding hydrogens is 330 g/mol. The first kappa shape index (κ1) is 15.8. The quantitative estimate of drug-likeness (QED) is 0.358. The molecule has 5 rings (SSSR count). The topological polar surface area (TPSA) is 26.0 Å². The maximum Gasteiger partial charge on any atom is 0.144 e. The Labute approximate surface area is 158 Å². The summed E-state index contributed by atoms with van der Waals surface area (Å²) >= 11 is 0. The summed E-state index contributed by atoms with van der Waals surface area (Å²) in [4.78, 5) is 4.51. The van der Waals surface area contributed by atoms with E-state index in [1.165, 1.54) is 16.5 Å². The third kappa shape index (κ3) is 2.61. The summed E-state index contributed by atoms with van der Waals surface area (Å²) in [5, 5.41) is 2.34. The molecular formula is C25H19NO. The lowest BCUT2D eigenvalue weighted by Crippen LogP contribution is -1.96. The molecule has 130 valence electrons.